The van der Waals surface area contributed by atoms with Gasteiger partial charge in [0.1, 0.15) is 5.75 Å². The number of benzene rings is 2. The Balaban J connectivity index is 2.12. The van der Waals surface area contributed by atoms with Crippen LogP contribution in [0, 0.1) is 0 Å². The Morgan fingerprint density at radius 3 is 2.11 bits per heavy atom. The third-order valence-electron chi connectivity index (χ3n) is 4.40. The smallest absolute Gasteiger partial charge is 0.248 e. The highest BCUT2D eigenvalue weighted by Crippen LogP contribution is 2.32. The van der Waals surface area contributed by atoms with Crippen LogP contribution in [0.15, 0.2) is 48.5 Å². The molecule has 0 aliphatic heterocycles. The third-order valence-corrected chi connectivity index (χ3v) is 4.40. The van der Waals surface area contributed by atoms with Gasteiger partial charge in [0.2, 0.25) is 5.91 Å². The zero-order valence-corrected chi connectivity index (χ0v) is 17.1. The van der Waals surface area contributed by atoms with E-state index >= 15 is 0 Å². The van der Waals surface area contributed by atoms with E-state index in [2.05, 4.69) is 58.1 Å². The maximum Gasteiger partial charge on any atom is 0.248 e. The summed E-state index contributed by atoms with van der Waals surface area (Å²) in [5, 5.41) is 3.10. The van der Waals surface area contributed by atoms with E-state index in [1.807, 2.05) is 30.3 Å². The normalized spacial score (nSPS) is 11.4. The summed E-state index contributed by atoms with van der Waals surface area (Å²) >= 11 is 0. The summed E-state index contributed by atoms with van der Waals surface area (Å²) in [5.41, 5.74) is 4.25. The molecule has 144 valence electrons. The van der Waals surface area contributed by atoms with Crippen LogP contribution in [0.5, 0.6) is 5.75 Å². The van der Waals surface area contributed by atoms with E-state index in [9.17, 15) is 4.79 Å². The zero-order valence-electron chi connectivity index (χ0n) is 17.1. The second-order valence-electron chi connectivity index (χ2n) is 7.36. The van der Waals surface area contributed by atoms with Gasteiger partial charge in [0.05, 0.1) is 6.61 Å². The van der Waals surface area contributed by atoms with Crippen LogP contribution in [0.3, 0.4) is 0 Å². The number of hydrogen-bond donors (Lipinski definition) is 1. The van der Waals surface area contributed by atoms with Crippen molar-refractivity contribution in [3.05, 3.63) is 65.2 Å². The van der Waals surface area contributed by atoms with E-state index in [4.69, 9.17) is 4.74 Å². The second-order valence-corrected chi connectivity index (χ2v) is 7.36. The zero-order chi connectivity index (χ0) is 19.8. The fourth-order valence-electron chi connectivity index (χ4n) is 2.93. The first-order valence-electron chi connectivity index (χ1n) is 9.77. The van der Waals surface area contributed by atoms with Gasteiger partial charge >= 0.3 is 0 Å². The van der Waals surface area contributed by atoms with Crippen molar-refractivity contribution in [3.63, 3.8) is 0 Å². The Morgan fingerprint density at radius 1 is 1.00 bits per heavy atom. The number of carbonyl (C=O) groups is 1. The predicted molar refractivity (Wildman–Crippen MR) is 115 cm³/mol. The fourth-order valence-corrected chi connectivity index (χ4v) is 2.93. The van der Waals surface area contributed by atoms with E-state index in [1.54, 1.807) is 6.08 Å². The lowest BCUT2D eigenvalue weighted by Gasteiger charge is -2.19. The summed E-state index contributed by atoms with van der Waals surface area (Å²) in [6.45, 7) is 11.4. The van der Waals surface area contributed by atoms with Gasteiger partial charge in [0.15, 0.2) is 0 Å². The third kappa shape index (κ3) is 5.99. The molecular formula is C24H31NO2. The molecular weight excluding hydrogens is 334 g/mol. The molecule has 0 heterocycles. The molecule has 0 aliphatic carbocycles. The SMILES string of the molecule is CCCOc1ccc(/C=C/C(=O)Nc2c(C(C)C)cccc2C(C)C)cc1. The predicted octanol–water partition coefficient (Wildman–Crippen LogP) is 6.37. The highest BCUT2D eigenvalue weighted by atomic mass is 16.5. The molecule has 2 aromatic rings. The van der Waals surface area contributed by atoms with Gasteiger partial charge in [-0.1, -0.05) is 65.0 Å². The first kappa shape index (κ1) is 20.8. The average Bonchev–Trinajstić information content (AvgIpc) is 2.65. The monoisotopic (exact) mass is 365 g/mol. The summed E-state index contributed by atoms with van der Waals surface area (Å²) in [6, 6.07) is 14.0. The summed E-state index contributed by atoms with van der Waals surface area (Å²) in [5.74, 6) is 1.43. The molecule has 0 radical (unpaired) electrons. The van der Waals surface area contributed by atoms with Crippen molar-refractivity contribution in [3.8, 4) is 5.75 Å². The lowest BCUT2D eigenvalue weighted by Crippen LogP contribution is -2.13. The van der Waals surface area contributed by atoms with E-state index in [0.29, 0.717) is 18.4 Å². The molecule has 3 nitrogen and oxygen atoms in total. The van der Waals surface area contributed by atoms with Gasteiger partial charge in [0, 0.05) is 11.8 Å². The molecule has 0 spiro atoms. The van der Waals surface area contributed by atoms with Crippen LogP contribution in [-0.2, 0) is 4.79 Å². The van der Waals surface area contributed by atoms with Crippen LogP contribution in [-0.4, -0.2) is 12.5 Å². The molecule has 0 bridgehead atoms. The van der Waals surface area contributed by atoms with Gasteiger partial charge in [-0.3, -0.25) is 4.79 Å². The number of carbonyl (C=O) groups excluding carboxylic acids is 1. The molecule has 3 heteroatoms. The first-order valence-corrected chi connectivity index (χ1v) is 9.77. The number of nitrogens with one attached hydrogen (secondary N) is 1. The summed E-state index contributed by atoms with van der Waals surface area (Å²) in [4.78, 5) is 12.5. The van der Waals surface area contributed by atoms with E-state index in [1.165, 1.54) is 11.1 Å². The minimum Gasteiger partial charge on any atom is -0.494 e. The van der Waals surface area contributed by atoms with Crippen LogP contribution >= 0.6 is 0 Å². The van der Waals surface area contributed by atoms with Crippen molar-refractivity contribution in [2.45, 2.75) is 52.9 Å². The summed E-state index contributed by atoms with van der Waals surface area (Å²) in [6.07, 6.45) is 4.40. The number of hydrogen-bond acceptors (Lipinski definition) is 2. The molecule has 1 amide bonds. The van der Waals surface area contributed by atoms with Crippen molar-refractivity contribution in [2.75, 3.05) is 11.9 Å². The van der Waals surface area contributed by atoms with E-state index < -0.39 is 0 Å². The standard InChI is InChI=1S/C24H31NO2/c1-6-16-27-20-13-10-19(11-14-20)12-15-23(26)25-24-21(17(2)3)8-7-9-22(24)18(4)5/h7-15,17-18H,6,16H2,1-5H3,(H,25,26)/b15-12+. The molecule has 1 N–H and O–H groups in total. The lowest BCUT2D eigenvalue weighted by atomic mass is 9.92. The number of ether oxygens (including phenoxy) is 1. The molecule has 2 rings (SSSR count). The molecule has 0 aliphatic rings. The van der Waals surface area contributed by atoms with Gasteiger partial charge in [-0.25, -0.2) is 0 Å². The minimum absolute atomic E-state index is 0.115. The Labute approximate surface area is 163 Å². The van der Waals surface area contributed by atoms with Crippen LogP contribution in [0.1, 0.15) is 69.6 Å². The molecule has 0 saturated heterocycles. The molecule has 0 aromatic heterocycles. The van der Waals surface area contributed by atoms with Crippen molar-refractivity contribution in [1.82, 2.24) is 0 Å². The summed E-state index contributed by atoms with van der Waals surface area (Å²) < 4.78 is 5.58. The number of amides is 1. The molecule has 0 saturated carbocycles. The van der Waals surface area contributed by atoms with Crippen LogP contribution in [0.2, 0.25) is 0 Å². The van der Waals surface area contributed by atoms with Gasteiger partial charge in [-0.05, 0) is 53.2 Å². The largest absolute Gasteiger partial charge is 0.494 e. The number of anilines is 1. The second kappa shape index (κ2) is 9.96. The maximum absolute atomic E-state index is 12.5. The Hall–Kier alpha value is -2.55. The van der Waals surface area contributed by atoms with Gasteiger partial charge in [-0.2, -0.15) is 0 Å². The van der Waals surface area contributed by atoms with Crippen LogP contribution < -0.4 is 10.1 Å². The van der Waals surface area contributed by atoms with Crippen molar-refractivity contribution in [1.29, 1.82) is 0 Å². The molecule has 27 heavy (non-hydrogen) atoms. The highest BCUT2D eigenvalue weighted by molar-refractivity contribution is 6.03. The van der Waals surface area contributed by atoms with Crippen molar-refractivity contribution < 1.29 is 9.53 Å². The van der Waals surface area contributed by atoms with Crippen molar-refractivity contribution >= 4 is 17.7 Å². The van der Waals surface area contributed by atoms with Crippen molar-refractivity contribution in [2.24, 2.45) is 0 Å². The maximum atomic E-state index is 12.5. The Bertz CT molecular complexity index is 747. The van der Waals surface area contributed by atoms with Gasteiger partial charge in [0.25, 0.3) is 0 Å². The molecule has 0 unspecified atom stereocenters. The number of para-hydroxylation sites is 1. The molecule has 0 fully saturated rings. The Kier molecular flexibility index (Phi) is 7.66. The topological polar surface area (TPSA) is 38.3 Å². The molecule has 2 aromatic carbocycles. The van der Waals surface area contributed by atoms with E-state index in [0.717, 1.165) is 23.4 Å². The van der Waals surface area contributed by atoms with Gasteiger partial charge < -0.3 is 10.1 Å². The average molecular weight is 366 g/mol. The van der Waals surface area contributed by atoms with E-state index in [-0.39, 0.29) is 5.91 Å². The summed E-state index contributed by atoms with van der Waals surface area (Å²) in [7, 11) is 0. The molecule has 0 atom stereocenters. The quantitative estimate of drug-likeness (QED) is 0.552. The lowest BCUT2D eigenvalue weighted by molar-refractivity contribution is -0.111. The minimum atomic E-state index is -0.115. The van der Waals surface area contributed by atoms with Crippen LogP contribution in [0.25, 0.3) is 6.08 Å². The van der Waals surface area contributed by atoms with Gasteiger partial charge in [-0.15, -0.1) is 0 Å². The highest BCUT2D eigenvalue weighted by Gasteiger charge is 2.14. The fraction of sp³-hybridized carbons (Fsp3) is 0.375. The Morgan fingerprint density at radius 2 is 1.59 bits per heavy atom. The first-order chi connectivity index (χ1) is 12.9. The number of rotatable bonds is 8. The van der Waals surface area contributed by atoms with Crippen LogP contribution in [0.4, 0.5) is 5.69 Å².